The van der Waals surface area contributed by atoms with E-state index in [1.54, 1.807) is 21.0 Å². The lowest BCUT2D eigenvalue weighted by Crippen LogP contribution is -2.44. The maximum absolute atomic E-state index is 11.6. The second kappa shape index (κ2) is 6.51. The van der Waals surface area contributed by atoms with Gasteiger partial charge in [-0.2, -0.15) is 0 Å². The summed E-state index contributed by atoms with van der Waals surface area (Å²) in [4.78, 5) is 24.6. The molecular weight excluding hydrogens is 204 g/mol. The van der Waals surface area contributed by atoms with Gasteiger partial charge in [0.25, 0.3) is 0 Å². The second-order valence-electron chi connectivity index (χ2n) is 4.95. The summed E-state index contributed by atoms with van der Waals surface area (Å²) < 4.78 is 0. The Morgan fingerprint density at radius 1 is 1.12 bits per heavy atom. The molecule has 0 rings (SSSR count). The number of amides is 2. The molecule has 94 valence electrons. The highest BCUT2D eigenvalue weighted by molar-refractivity contribution is 5.87. The molecule has 0 bridgehead atoms. The number of nitrogens with zero attached hydrogens (tertiary/aromatic N) is 1. The monoisotopic (exact) mass is 228 g/mol. The maximum atomic E-state index is 11.6. The molecule has 0 unspecified atom stereocenters. The molecule has 2 amide bonds. The molecule has 0 saturated carbocycles. The Morgan fingerprint density at radius 3 is 2.00 bits per heavy atom. The van der Waals surface area contributed by atoms with Gasteiger partial charge in [-0.3, -0.25) is 9.59 Å². The first-order chi connectivity index (χ1) is 7.25. The van der Waals surface area contributed by atoms with Crippen LogP contribution < -0.4 is 5.32 Å². The van der Waals surface area contributed by atoms with Crippen molar-refractivity contribution in [1.29, 1.82) is 0 Å². The van der Waals surface area contributed by atoms with Crippen LogP contribution in [0.3, 0.4) is 0 Å². The van der Waals surface area contributed by atoms with E-state index in [-0.39, 0.29) is 11.8 Å². The van der Waals surface area contributed by atoms with E-state index in [0.29, 0.717) is 18.3 Å². The molecule has 0 aliphatic carbocycles. The van der Waals surface area contributed by atoms with Crippen LogP contribution in [0, 0.1) is 11.8 Å². The molecule has 0 saturated heterocycles. The Morgan fingerprint density at radius 2 is 1.62 bits per heavy atom. The van der Waals surface area contributed by atoms with Crippen LogP contribution in [-0.2, 0) is 9.59 Å². The largest absolute Gasteiger partial charge is 0.347 e. The van der Waals surface area contributed by atoms with E-state index in [0.717, 1.165) is 0 Å². The first-order valence-corrected chi connectivity index (χ1v) is 5.76. The number of nitrogens with one attached hydrogen (secondary N) is 1. The van der Waals surface area contributed by atoms with Gasteiger partial charge in [-0.25, -0.2) is 0 Å². The summed E-state index contributed by atoms with van der Waals surface area (Å²) in [6.45, 7) is 7.93. The number of carbonyl (C=O) groups is 2. The Kier molecular flexibility index (Phi) is 6.08. The number of carbonyl (C=O) groups excluding carboxylic acids is 2. The van der Waals surface area contributed by atoms with E-state index in [2.05, 4.69) is 19.2 Å². The smallest absolute Gasteiger partial charge is 0.244 e. The lowest BCUT2D eigenvalue weighted by atomic mass is 9.94. The topological polar surface area (TPSA) is 49.4 Å². The van der Waals surface area contributed by atoms with Gasteiger partial charge in [-0.15, -0.1) is 0 Å². The minimum atomic E-state index is -0.443. The van der Waals surface area contributed by atoms with Crippen LogP contribution >= 0.6 is 0 Å². The van der Waals surface area contributed by atoms with E-state index in [1.807, 2.05) is 6.92 Å². The molecule has 0 radical (unpaired) electrons. The summed E-state index contributed by atoms with van der Waals surface area (Å²) >= 11 is 0. The highest BCUT2D eigenvalue weighted by Gasteiger charge is 2.19. The molecule has 0 heterocycles. The molecule has 1 N–H and O–H groups in total. The van der Waals surface area contributed by atoms with Gasteiger partial charge >= 0.3 is 0 Å². The van der Waals surface area contributed by atoms with Crippen molar-refractivity contribution in [1.82, 2.24) is 10.2 Å². The van der Waals surface area contributed by atoms with Gasteiger partial charge in [0.15, 0.2) is 0 Å². The predicted molar refractivity (Wildman–Crippen MR) is 64.9 cm³/mol. The third kappa shape index (κ3) is 5.14. The summed E-state index contributed by atoms with van der Waals surface area (Å²) in [5, 5.41) is 2.72. The van der Waals surface area contributed by atoms with Gasteiger partial charge in [-0.1, -0.05) is 20.8 Å². The van der Waals surface area contributed by atoms with Gasteiger partial charge in [0.05, 0.1) is 0 Å². The van der Waals surface area contributed by atoms with Crippen molar-refractivity contribution in [3.8, 4) is 0 Å². The molecule has 0 aliphatic heterocycles. The van der Waals surface area contributed by atoms with Crippen LogP contribution in [0.4, 0.5) is 0 Å². The minimum absolute atomic E-state index is 0.0519. The van der Waals surface area contributed by atoms with Crippen molar-refractivity contribution in [3.63, 3.8) is 0 Å². The Balaban J connectivity index is 4.10. The van der Waals surface area contributed by atoms with E-state index >= 15 is 0 Å². The molecular formula is C12H24N2O2. The third-order valence-electron chi connectivity index (χ3n) is 2.83. The zero-order chi connectivity index (χ0) is 12.9. The maximum Gasteiger partial charge on any atom is 0.244 e. The zero-order valence-corrected chi connectivity index (χ0v) is 11.2. The Hall–Kier alpha value is -1.06. The standard InChI is InChI=1S/C12H24N2O2/c1-8(2)9(3)7-11(15)13-10(4)12(16)14(5)6/h8-10H,7H2,1-6H3,(H,13,15)/t9-,10-/m0/s1. The molecule has 0 aliphatic rings. The highest BCUT2D eigenvalue weighted by Crippen LogP contribution is 2.13. The van der Waals surface area contributed by atoms with Gasteiger partial charge in [0, 0.05) is 20.5 Å². The van der Waals surface area contributed by atoms with Crippen molar-refractivity contribution in [2.24, 2.45) is 11.8 Å². The first kappa shape index (κ1) is 14.9. The predicted octanol–water partition coefficient (Wildman–Crippen LogP) is 1.26. The van der Waals surface area contributed by atoms with E-state index in [4.69, 9.17) is 0 Å². The van der Waals surface area contributed by atoms with Crippen LogP contribution in [0.1, 0.15) is 34.1 Å². The molecule has 4 nitrogen and oxygen atoms in total. The van der Waals surface area contributed by atoms with Crippen LogP contribution in [0.2, 0.25) is 0 Å². The highest BCUT2D eigenvalue weighted by atomic mass is 16.2. The lowest BCUT2D eigenvalue weighted by molar-refractivity contribution is -0.134. The number of likely N-dealkylation sites (N-methyl/N-ethyl adjacent to an activating group) is 1. The fourth-order valence-corrected chi connectivity index (χ4v) is 1.28. The van der Waals surface area contributed by atoms with Gasteiger partial charge < -0.3 is 10.2 Å². The number of rotatable bonds is 5. The summed E-state index contributed by atoms with van der Waals surface area (Å²) in [6.07, 6.45) is 0.475. The van der Waals surface area contributed by atoms with Crippen LogP contribution in [0.5, 0.6) is 0 Å². The van der Waals surface area contributed by atoms with E-state index in [1.165, 1.54) is 4.90 Å². The molecule has 0 spiro atoms. The van der Waals surface area contributed by atoms with Gasteiger partial charge in [-0.05, 0) is 18.8 Å². The Labute approximate surface area is 98.4 Å². The SMILES string of the molecule is CC(C)[C@@H](C)CC(=O)N[C@@H](C)C(=O)N(C)C. The van der Waals surface area contributed by atoms with Crippen molar-refractivity contribution in [2.75, 3.05) is 14.1 Å². The molecule has 4 heteroatoms. The van der Waals surface area contributed by atoms with E-state index in [9.17, 15) is 9.59 Å². The molecule has 16 heavy (non-hydrogen) atoms. The summed E-state index contributed by atoms with van der Waals surface area (Å²) in [5.41, 5.74) is 0. The van der Waals surface area contributed by atoms with Gasteiger partial charge in [0.2, 0.25) is 11.8 Å². The van der Waals surface area contributed by atoms with Gasteiger partial charge in [0.1, 0.15) is 6.04 Å². The van der Waals surface area contributed by atoms with Crippen LogP contribution in [0.25, 0.3) is 0 Å². The summed E-state index contributed by atoms with van der Waals surface area (Å²) in [7, 11) is 3.36. The number of hydrogen-bond donors (Lipinski definition) is 1. The fraction of sp³-hybridized carbons (Fsp3) is 0.833. The van der Waals surface area contributed by atoms with Crippen molar-refractivity contribution in [2.45, 2.75) is 40.2 Å². The average Bonchev–Trinajstić information content (AvgIpc) is 2.15. The normalized spacial score (nSPS) is 14.4. The summed E-state index contributed by atoms with van der Waals surface area (Å²) in [5.74, 6) is 0.682. The van der Waals surface area contributed by atoms with Crippen molar-refractivity contribution in [3.05, 3.63) is 0 Å². The third-order valence-corrected chi connectivity index (χ3v) is 2.83. The quantitative estimate of drug-likeness (QED) is 0.770. The fourth-order valence-electron chi connectivity index (χ4n) is 1.28. The van der Waals surface area contributed by atoms with E-state index < -0.39 is 6.04 Å². The molecule has 0 aromatic carbocycles. The van der Waals surface area contributed by atoms with Crippen LogP contribution in [0.15, 0.2) is 0 Å². The minimum Gasteiger partial charge on any atom is -0.347 e. The lowest BCUT2D eigenvalue weighted by Gasteiger charge is -2.20. The second-order valence-corrected chi connectivity index (χ2v) is 4.95. The summed E-state index contributed by atoms with van der Waals surface area (Å²) in [6, 6.07) is -0.443. The molecule has 0 aromatic heterocycles. The molecule has 0 aromatic rings. The van der Waals surface area contributed by atoms with Crippen molar-refractivity contribution >= 4 is 11.8 Å². The first-order valence-electron chi connectivity index (χ1n) is 5.76. The molecule has 0 fully saturated rings. The molecule has 2 atom stereocenters. The van der Waals surface area contributed by atoms with Crippen molar-refractivity contribution < 1.29 is 9.59 Å². The average molecular weight is 228 g/mol. The number of hydrogen-bond acceptors (Lipinski definition) is 2. The Bertz CT molecular complexity index is 249. The van der Waals surface area contributed by atoms with Crippen LogP contribution in [-0.4, -0.2) is 36.9 Å². The zero-order valence-electron chi connectivity index (χ0n) is 11.2.